The fourth-order valence-corrected chi connectivity index (χ4v) is 6.24. The molecule has 1 aliphatic rings. The number of aromatic amines is 1. The second-order valence-electron chi connectivity index (χ2n) is 12.0. The number of aliphatic hydroxyl groups excluding tert-OH is 1. The van der Waals surface area contributed by atoms with Gasteiger partial charge in [0.05, 0.1) is 40.1 Å². The quantitative estimate of drug-likeness (QED) is 0.153. The molecule has 14 heteroatoms. The number of benzene rings is 2. The van der Waals surface area contributed by atoms with E-state index in [0.29, 0.717) is 52.3 Å². The number of amides is 2. The molecule has 2 amide bonds. The Morgan fingerprint density at radius 2 is 1.84 bits per heavy atom. The van der Waals surface area contributed by atoms with E-state index < -0.39 is 18.1 Å². The van der Waals surface area contributed by atoms with Crippen LogP contribution in [0.4, 0.5) is 5.82 Å². The molecule has 2 unspecified atom stereocenters. The van der Waals surface area contributed by atoms with Gasteiger partial charge in [-0.3, -0.25) is 23.6 Å². The van der Waals surface area contributed by atoms with E-state index in [-0.39, 0.29) is 28.8 Å². The molecule has 1 fully saturated rings. The Balaban J connectivity index is 1.27. The fraction of sp³-hybridized carbons (Fsp3) is 0.229. The minimum Gasteiger partial charge on any atom is -0.384 e. The van der Waals surface area contributed by atoms with E-state index in [2.05, 4.69) is 32.3 Å². The Hall–Kier alpha value is -6.33. The SMILES string of the molecule is CC(O)C(=O)N1CC(c2c(C#Cc3cccc4nc(C(C)NC(=O)c5c(N)[nH][n+]6cccnc56)n(-c5ccccc5)c(=O)c34)cnn2C)C1. The molecule has 5 heterocycles. The molecule has 0 aliphatic carbocycles. The van der Waals surface area contributed by atoms with Crippen LogP contribution in [0.5, 0.6) is 0 Å². The molecule has 5 N–H and O–H groups in total. The lowest BCUT2D eigenvalue weighted by molar-refractivity contribution is -0.577. The Labute approximate surface area is 279 Å². The molecule has 0 saturated carbocycles. The highest BCUT2D eigenvalue weighted by Gasteiger charge is 2.36. The first-order chi connectivity index (χ1) is 23.6. The van der Waals surface area contributed by atoms with Gasteiger partial charge in [-0.05, 0) is 43.1 Å². The molecule has 2 aromatic carbocycles. The molecule has 1 aliphatic heterocycles. The molecule has 246 valence electrons. The third kappa shape index (κ3) is 5.55. The average molecular weight is 658 g/mol. The normalized spacial score (nSPS) is 14.2. The van der Waals surface area contributed by atoms with Gasteiger partial charge < -0.3 is 21.1 Å². The number of likely N-dealkylation sites (tertiary alicyclic amines) is 1. The molecule has 1 saturated heterocycles. The molecular formula is C35H33N10O4+. The molecule has 0 radical (unpaired) electrons. The molecule has 0 bridgehead atoms. The van der Waals surface area contributed by atoms with E-state index in [4.69, 9.17) is 10.7 Å². The molecule has 49 heavy (non-hydrogen) atoms. The van der Waals surface area contributed by atoms with Crippen molar-refractivity contribution in [3.05, 3.63) is 112 Å². The summed E-state index contributed by atoms with van der Waals surface area (Å²) in [6, 6.07) is 15.4. The number of aromatic nitrogens is 7. The number of para-hydroxylation sites is 1. The molecular weight excluding hydrogens is 624 g/mol. The first kappa shape index (κ1) is 31.3. The number of carbonyl (C=O) groups excluding carboxylic acids is 2. The zero-order valence-electron chi connectivity index (χ0n) is 27.0. The number of aliphatic hydroxyl groups is 1. The highest BCUT2D eigenvalue weighted by molar-refractivity contribution is 6.03. The number of nitrogens with one attached hydrogen (secondary N) is 2. The van der Waals surface area contributed by atoms with E-state index in [9.17, 15) is 19.5 Å². The number of hydrogen-bond donors (Lipinski definition) is 4. The van der Waals surface area contributed by atoms with Gasteiger partial charge in [-0.25, -0.2) is 10.1 Å². The van der Waals surface area contributed by atoms with Crippen LogP contribution in [0.25, 0.3) is 22.2 Å². The zero-order valence-corrected chi connectivity index (χ0v) is 27.0. The number of nitrogens with two attached hydrogens (primary N) is 1. The second-order valence-corrected chi connectivity index (χ2v) is 12.0. The van der Waals surface area contributed by atoms with Gasteiger partial charge in [0.1, 0.15) is 24.3 Å². The van der Waals surface area contributed by atoms with Crippen LogP contribution in [-0.4, -0.2) is 70.4 Å². The molecule has 2 atom stereocenters. The first-order valence-electron chi connectivity index (χ1n) is 15.7. The predicted molar refractivity (Wildman–Crippen MR) is 180 cm³/mol. The number of H-pyrrole nitrogens is 1. The summed E-state index contributed by atoms with van der Waals surface area (Å²) in [5, 5.41) is 20.3. The van der Waals surface area contributed by atoms with Crippen LogP contribution in [0.15, 0.2) is 78.0 Å². The highest BCUT2D eigenvalue weighted by Crippen LogP contribution is 2.29. The van der Waals surface area contributed by atoms with Crippen molar-refractivity contribution < 1.29 is 19.2 Å². The summed E-state index contributed by atoms with van der Waals surface area (Å²) < 4.78 is 4.79. The molecule has 0 spiro atoms. The van der Waals surface area contributed by atoms with E-state index >= 15 is 0 Å². The van der Waals surface area contributed by atoms with Crippen LogP contribution in [0.2, 0.25) is 0 Å². The lowest BCUT2D eigenvalue weighted by atomic mass is 9.93. The minimum absolute atomic E-state index is 0.0113. The van der Waals surface area contributed by atoms with Crippen molar-refractivity contribution in [1.82, 2.24) is 39.6 Å². The fourth-order valence-electron chi connectivity index (χ4n) is 6.24. The van der Waals surface area contributed by atoms with Crippen molar-refractivity contribution in [2.45, 2.75) is 31.9 Å². The largest absolute Gasteiger partial charge is 0.384 e. The lowest BCUT2D eigenvalue weighted by Gasteiger charge is -2.40. The van der Waals surface area contributed by atoms with E-state index in [1.165, 1.54) is 11.5 Å². The summed E-state index contributed by atoms with van der Waals surface area (Å²) >= 11 is 0. The van der Waals surface area contributed by atoms with Crippen LogP contribution in [0, 0.1) is 11.8 Å². The van der Waals surface area contributed by atoms with E-state index in [1.54, 1.807) is 76.0 Å². The van der Waals surface area contributed by atoms with Gasteiger partial charge in [0.2, 0.25) is 0 Å². The van der Waals surface area contributed by atoms with Crippen LogP contribution >= 0.6 is 0 Å². The number of anilines is 1. The monoisotopic (exact) mass is 657 g/mol. The Kier molecular flexibility index (Phi) is 7.89. The van der Waals surface area contributed by atoms with Gasteiger partial charge in [-0.15, -0.1) is 4.52 Å². The van der Waals surface area contributed by atoms with Gasteiger partial charge in [-0.2, -0.15) is 5.10 Å². The summed E-state index contributed by atoms with van der Waals surface area (Å²) in [5.74, 6) is 6.07. The number of aryl methyl sites for hydroxylation is 1. The highest BCUT2D eigenvalue weighted by atomic mass is 16.3. The van der Waals surface area contributed by atoms with Crippen molar-refractivity contribution in [2.75, 3.05) is 18.8 Å². The lowest BCUT2D eigenvalue weighted by Crippen LogP contribution is -2.52. The smallest absolute Gasteiger partial charge is 0.362 e. The van der Waals surface area contributed by atoms with Crippen molar-refractivity contribution in [1.29, 1.82) is 0 Å². The summed E-state index contributed by atoms with van der Waals surface area (Å²) in [7, 11) is 1.82. The van der Waals surface area contributed by atoms with Gasteiger partial charge >= 0.3 is 5.65 Å². The van der Waals surface area contributed by atoms with Gasteiger partial charge in [0.25, 0.3) is 17.4 Å². The third-order valence-corrected chi connectivity index (χ3v) is 8.63. The van der Waals surface area contributed by atoms with Gasteiger partial charge in [0.15, 0.2) is 11.4 Å². The van der Waals surface area contributed by atoms with Crippen LogP contribution in [0.3, 0.4) is 0 Å². The zero-order chi connectivity index (χ0) is 34.4. The van der Waals surface area contributed by atoms with Gasteiger partial charge in [0, 0.05) is 37.7 Å². The van der Waals surface area contributed by atoms with Gasteiger partial charge in [-0.1, -0.05) is 36.1 Å². The second kappa shape index (κ2) is 12.4. The van der Waals surface area contributed by atoms with E-state index in [1.807, 2.05) is 25.2 Å². The van der Waals surface area contributed by atoms with Crippen molar-refractivity contribution in [3.63, 3.8) is 0 Å². The summed E-state index contributed by atoms with van der Waals surface area (Å²) in [5.41, 5.74) is 9.37. The summed E-state index contributed by atoms with van der Waals surface area (Å²) in [4.78, 5) is 51.0. The van der Waals surface area contributed by atoms with Crippen LogP contribution in [0.1, 0.15) is 58.8 Å². The summed E-state index contributed by atoms with van der Waals surface area (Å²) in [6.07, 6.45) is 3.89. The Morgan fingerprint density at radius 3 is 2.59 bits per heavy atom. The maximum Gasteiger partial charge on any atom is 0.362 e. The summed E-state index contributed by atoms with van der Waals surface area (Å²) in [6.45, 7) is 4.12. The Morgan fingerprint density at radius 1 is 1.08 bits per heavy atom. The topological polar surface area (TPSA) is 181 Å². The minimum atomic E-state index is -1.05. The predicted octanol–water partition coefficient (Wildman–Crippen LogP) is 1.36. The Bertz CT molecular complexity index is 2380. The first-order valence-corrected chi connectivity index (χ1v) is 15.7. The number of hydrogen-bond acceptors (Lipinski definition) is 8. The van der Waals surface area contributed by atoms with E-state index in [0.717, 1.165) is 5.69 Å². The van der Waals surface area contributed by atoms with Crippen LogP contribution in [-0.2, 0) is 11.8 Å². The van der Waals surface area contributed by atoms with Crippen LogP contribution < -0.4 is 21.1 Å². The molecule has 4 aromatic heterocycles. The number of rotatable bonds is 6. The average Bonchev–Trinajstić information content (AvgIpc) is 3.61. The van der Waals surface area contributed by atoms with Crippen molar-refractivity contribution in [3.8, 4) is 17.5 Å². The van der Waals surface area contributed by atoms with Crippen molar-refractivity contribution >= 4 is 34.2 Å². The third-order valence-electron chi connectivity index (χ3n) is 8.63. The van der Waals surface area contributed by atoms with Crippen molar-refractivity contribution in [2.24, 2.45) is 7.05 Å². The number of fused-ring (bicyclic) bond motifs is 2. The number of nitrogen functional groups attached to an aromatic ring is 1. The molecule has 7 rings (SSSR count). The molecule has 14 nitrogen and oxygen atoms in total. The number of nitrogens with zero attached hydrogens (tertiary/aromatic N) is 7. The maximum atomic E-state index is 14.4. The standard InChI is InChI=1S/C35H32N10O4/c1-20(39-33(47)28-30(36)41-44-16-8-15-37-32(28)44)31-40-26-12-7-9-22(27(26)35(49)45(31)25-10-5-4-6-11-25)13-14-23-17-38-42(3)29(23)24-18-43(19-24)34(48)21(2)46/h4-12,15-17,20-21,24,46H,18-19H2,1-3H3,(H3,36,39,41,47)/p+1. The molecule has 6 aromatic rings. The number of carbonyl (C=O) groups is 2. The maximum absolute atomic E-state index is 14.4.